The second kappa shape index (κ2) is 12.0. The van der Waals surface area contributed by atoms with E-state index in [-0.39, 0.29) is 46.5 Å². The van der Waals surface area contributed by atoms with Crippen LogP contribution in [0.5, 0.6) is 34.5 Å². The zero-order valence-corrected chi connectivity index (χ0v) is 25.2. The third-order valence-corrected chi connectivity index (χ3v) is 8.01. The Morgan fingerprint density at radius 1 is 0.955 bits per heavy atom. The number of phenols is 1. The molecule has 2 N–H and O–H groups in total. The van der Waals surface area contributed by atoms with Gasteiger partial charge in [-0.1, -0.05) is 37.3 Å². The van der Waals surface area contributed by atoms with Gasteiger partial charge in [-0.05, 0) is 30.7 Å². The van der Waals surface area contributed by atoms with Crippen molar-refractivity contribution in [3.8, 4) is 45.6 Å². The number of hydrogen-bond acceptors (Lipinski definition) is 11. The molecule has 0 aromatic heterocycles. The lowest BCUT2D eigenvalue weighted by Gasteiger charge is -2.43. The normalized spacial score (nSPS) is 21.8. The third kappa shape index (κ3) is 5.24. The predicted octanol–water partition coefficient (Wildman–Crippen LogP) is 5.12. The first kappa shape index (κ1) is 30.6. The maximum atomic E-state index is 13.3. The van der Waals surface area contributed by atoms with E-state index in [1.54, 1.807) is 19.1 Å². The molecule has 0 bridgehead atoms. The molecule has 0 fully saturated rings. The average Bonchev–Trinajstić information content (AvgIpc) is 3.48. The Hall–Kier alpha value is -4.90. The van der Waals surface area contributed by atoms with Gasteiger partial charge in [0.05, 0.1) is 21.3 Å². The largest absolute Gasteiger partial charge is 0.504 e. The van der Waals surface area contributed by atoms with Gasteiger partial charge in [0.25, 0.3) is 0 Å². The first-order valence-corrected chi connectivity index (χ1v) is 13.8. The summed E-state index contributed by atoms with van der Waals surface area (Å²) in [4.78, 5) is 25.8. The number of methoxy groups -OCH3 is 3. The topological polar surface area (TPSA) is 139 Å². The Labute approximate surface area is 254 Å². The molecule has 0 saturated heterocycles. The fourth-order valence-electron chi connectivity index (χ4n) is 5.71. The Kier molecular flexibility index (Phi) is 8.33. The summed E-state index contributed by atoms with van der Waals surface area (Å²) in [5.74, 6) is -1.87. The van der Waals surface area contributed by atoms with Crippen molar-refractivity contribution in [1.29, 1.82) is 0 Å². The number of esters is 2. The molecule has 0 amide bonds. The summed E-state index contributed by atoms with van der Waals surface area (Å²) in [5, 5.41) is 24.0. The number of ether oxygens (including phenoxy) is 7. The molecule has 4 atom stereocenters. The summed E-state index contributed by atoms with van der Waals surface area (Å²) >= 11 is 0. The molecule has 1 heterocycles. The molecule has 0 radical (unpaired) electrons. The molecule has 232 valence electrons. The lowest BCUT2D eigenvalue weighted by atomic mass is 9.71. The zero-order valence-electron chi connectivity index (χ0n) is 25.2. The molecule has 11 heteroatoms. The van der Waals surface area contributed by atoms with E-state index in [2.05, 4.69) is 0 Å². The number of rotatable bonds is 7. The van der Waals surface area contributed by atoms with Crippen LogP contribution in [0, 0.1) is 5.92 Å². The molecule has 0 saturated carbocycles. The fourth-order valence-corrected chi connectivity index (χ4v) is 5.71. The van der Waals surface area contributed by atoms with Crippen molar-refractivity contribution in [2.45, 2.75) is 38.6 Å². The van der Waals surface area contributed by atoms with Gasteiger partial charge < -0.3 is 43.4 Å². The van der Waals surface area contributed by atoms with E-state index in [0.717, 1.165) is 5.56 Å². The highest BCUT2D eigenvalue weighted by Crippen LogP contribution is 2.61. The zero-order chi connectivity index (χ0) is 31.8. The van der Waals surface area contributed by atoms with Gasteiger partial charge in [-0.15, -0.1) is 0 Å². The van der Waals surface area contributed by atoms with Crippen LogP contribution in [0.4, 0.5) is 0 Å². The summed E-state index contributed by atoms with van der Waals surface area (Å²) in [7, 11) is 4.16. The van der Waals surface area contributed by atoms with Crippen LogP contribution < -0.4 is 23.7 Å². The highest BCUT2D eigenvalue weighted by Gasteiger charge is 2.51. The number of aromatic hydroxyl groups is 1. The number of fused-ring (bicyclic) bond motifs is 4. The molecule has 1 aliphatic heterocycles. The van der Waals surface area contributed by atoms with E-state index < -0.39 is 41.4 Å². The van der Waals surface area contributed by atoms with Gasteiger partial charge in [0.15, 0.2) is 29.1 Å². The molecular formula is C33H34O11. The van der Waals surface area contributed by atoms with Gasteiger partial charge in [-0.3, -0.25) is 4.79 Å². The van der Waals surface area contributed by atoms with E-state index in [9.17, 15) is 19.8 Å². The highest BCUT2D eigenvalue weighted by molar-refractivity contribution is 5.90. The molecule has 0 spiro atoms. The van der Waals surface area contributed by atoms with E-state index >= 15 is 0 Å². The number of benzene rings is 3. The SMILES string of the molecule is COc1cc2c(c(O)c1OC)-c1c(cc3c(c1OC)OCO3)C(OC(=O)C=Cc1ccccc1)C(C)C(C)(O)C2OC(C)=O. The van der Waals surface area contributed by atoms with E-state index in [4.69, 9.17) is 33.2 Å². The first-order chi connectivity index (χ1) is 21.0. The van der Waals surface area contributed by atoms with Crippen LogP contribution in [-0.4, -0.2) is 55.9 Å². The van der Waals surface area contributed by atoms with Crippen LogP contribution >= 0.6 is 0 Å². The van der Waals surface area contributed by atoms with E-state index in [1.807, 2.05) is 30.3 Å². The second-order valence-electron chi connectivity index (χ2n) is 10.6. The summed E-state index contributed by atoms with van der Waals surface area (Å²) in [6, 6.07) is 12.3. The Morgan fingerprint density at radius 3 is 2.30 bits per heavy atom. The average molecular weight is 607 g/mol. The second-order valence-corrected chi connectivity index (χ2v) is 10.6. The molecule has 3 aromatic carbocycles. The van der Waals surface area contributed by atoms with Crippen molar-refractivity contribution in [3.63, 3.8) is 0 Å². The molecule has 3 aromatic rings. The minimum absolute atomic E-state index is 0.0221. The van der Waals surface area contributed by atoms with Gasteiger partial charge in [0, 0.05) is 41.2 Å². The van der Waals surface area contributed by atoms with Crippen LogP contribution in [0.25, 0.3) is 17.2 Å². The van der Waals surface area contributed by atoms with E-state index in [0.29, 0.717) is 11.3 Å². The van der Waals surface area contributed by atoms with Crippen molar-refractivity contribution < 1.29 is 53.0 Å². The lowest BCUT2D eigenvalue weighted by molar-refractivity contribution is -0.182. The molecule has 4 unspecified atom stereocenters. The van der Waals surface area contributed by atoms with Gasteiger partial charge >= 0.3 is 11.9 Å². The van der Waals surface area contributed by atoms with E-state index in [1.165, 1.54) is 47.3 Å². The van der Waals surface area contributed by atoms with Crippen molar-refractivity contribution in [1.82, 2.24) is 0 Å². The highest BCUT2D eigenvalue weighted by atomic mass is 16.7. The van der Waals surface area contributed by atoms with Crippen LogP contribution in [-0.2, 0) is 19.1 Å². The Morgan fingerprint density at radius 2 is 1.66 bits per heavy atom. The molecule has 44 heavy (non-hydrogen) atoms. The van der Waals surface area contributed by atoms with Gasteiger partial charge in [-0.2, -0.15) is 0 Å². The maximum absolute atomic E-state index is 13.3. The van der Waals surface area contributed by atoms with Crippen molar-refractivity contribution in [3.05, 3.63) is 65.2 Å². The smallest absolute Gasteiger partial charge is 0.331 e. The third-order valence-electron chi connectivity index (χ3n) is 8.01. The van der Waals surface area contributed by atoms with Crippen molar-refractivity contribution in [2.75, 3.05) is 28.1 Å². The maximum Gasteiger partial charge on any atom is 0.331 e. The Balaban J connectivity index is 1.83. The molecule has 11 nitrogen and oxygen atoms in total. The summed E-state index contributed by atoms with van der Waals surface area (Å²) in [5.41, 5.74) is -0.212. The van der Waals surface area contributed by atoms with Crippen molar-refractivity contribution >= 4 is 18.0 Å². The van der Waals surface area contributed by atoms with Crippen LogP contribution in [0.1, 0.15) is 49.7 Å². The van der Waals surface area contributed by atoms with Crippen LogP contribution in [0.15, 0.2) is 48.5 Å². The molecule has 5 rings (SSSR count). The molecule has 1 aliphatic carbocycles. The lowest BCUT2D eigenvalue weighted by Crippen LogP contribution is -2.46. The molecule has 2 aliphatic rings. The first-order valence-electron chi connectivity index (χ1n) is 13.8. The minimum atomic E-state index is -1.87. The fraction of sp³-hybridized carbons (Fsp3) is 0.333. The monoisotopic (exact) mass is 606 g/mol. The number of phenolic OH excluding ortho intramolecular Hbond substituents is 1. The quantitative estimate of drug-likeness (QED) is 0.274. The van der Waals surface area contributed by atoms with Crippen LogP contribution in [0.2, 0.25) is 0 Å². The van der Waals surface area contributed by atoms with Crippen molar-refractivity contribution in [2.24, 2.45) is 5.92 Å². The number of hydrogen-bond donors (Lipinski definition) is 2. The number of carbonyl (C=O) groups is 2. The predicted molar refractivity (Wildman–Crippen MR) is 158 cm³/mol. The summed E-state index contributed by atoms with van der Waals surface area (Å²) in [6.07, 6.45) is 0.340. The van der Waals surface area contributed by atoms with Crippen LogP contribution in [0.3, 0.4) is 0 Å². The van der Waals surface area contributed by atoms with Gasteiger partial charge in [-0.25, -0.2) is 4.79 Å². The number of aliphatic hydroxyl groups is 1. The summed E-state index contributed by atoms with van der Waals surface area (Å²) < 4.78 is 40.1. The summed E-state index contributed by atoms with van der Waals surface area (Å²) in [6.45, 7) is 4.24. The molecular weight excluding hydrogens is 572 g/mol. The van der Waals surface area contributed by atoms with Gasteiger partial charge in [0.2, 0.25) is 18.3 Å². The number of carbonyl (C=O) groups excluding carboxylic acids is 2. The Bertz CT molecular complexity index is 1610. The standard InChI is InChI=1S/C33H34O11/c1-17-28(44-24(35)13-12-19-10-8-7-9-11-19)20-14-23-30(42-16-41-23)31(40-6)26(20)25-21(32(33(17,3)37)43-18(2)34)15-22(38-4)29(39-5)27(25)36/h7-15,17,28,32,36-37H,16H2,1-6H3. The minimum Gasteiger partial charge on any atom is -0.504 e. The van der Waals surface area contributed by atoms with Gasteiger partial charge in [0.1, 0.15) is 11.7 Å².